The van der Waals surface area contributed by atoms with E-state index in [9.17, 15) is 14.0 Å². The van der Waals surface area contributed by atoms with Gasteiger partial charge in [-0.2, -0.15) is 5.10 Å². The van der Waals surface area contributed by atoms with Crippen molar-refractivity contribution in [1.82, 2.24) is 34.6 Å². The topological polar surface area (TPSA) is 89.2 Å². The van der Waals surface area contributed by atoms with Gasteiger partial charge in [-0.1, -0.05) is 5.21 Å². The van der Waals surface area contributed by atoms with Crippen LogP contribution < -0.4 is 0 Å². The lowest BCUT2D eigenvalue weighted by Crippen LogP contribution is -2.40. The first-order valence-corrected chi connectivity index (χ1v) is 9.61. The average Bonchev–Trinajstić information content (AvgIpc) is 3.43. The lowest BCUT2D eigenvalue weighted by Gasteiger charge is -2.24. The zero-order valence-corrected chi connectivity index (χ0v) is 15.9. The van der Waals surface area contributed by atoms with Gasteiger partial charge in [-0.05, 0) is 25.3 Å². The van der Waals surface area contributed by atoms with E-state index in [1.54, 1.807) is 33.1 Å². The molecule has 0 spiro atoms. The van der Waals surface area contributed by atoms with Crippen molar-refractivity contribution in [2.75, 3.05) is 19.6 Å². The largest absolute Gasteiger partial charge is 0.337 e. The van der Waals surface area contributed by atoms with Gasteiger partial charge in [0.05, 0.1) is 31.5 Å². The number of halogens is 1. The maximum Gasteiger partial charge on any atom is 0.276 e. The second-order valence-corrected chi connectivity index (χ2v) is 7.57. The molecule has 2 aromatic heterocycles. The number of hydrogen-bond donors (Lipinski definition) is 0. The summed E-state index contributed by atoms with van der Waals surface area (Å²) in [5.74, 6) is -0.303. The monoisotopic (exact) mass is 389 g/mol. The van der Waals surface area contributed by atoms with Crippen molar-refractivity contribution >= 4 is 11.8 Å². The highest BCUT2D eigenvalue weighted by Gasteiger charge is 2.36. The van der Waals surface area contributed by atoms with Crippen molar-refractivity contribution in [3.63, 3.8) is 0 Å². The Morgan fingerprint density at radius 1 is 1.21 bits per heavy atom. The number of aryl methyl sites for hydroxylation is 1. The van der Waals surface area contributed by atoms with E-state index in [2.05, 4.69) is 15.4 Å². The van der Waals surface area contributed by atoms with Gasteiger partial charge in [0.1, 0.15) is 12.7 Å². The van der Waals surface area contributed by atoms with Gasteiger partial charge < -0.3 is 9.80 Å². The summed E-state index contributed by atoms with van der Waals surface area (Å²) in [6, 6.07) is -0.324. The molecule has 0 radical (unpaired) electrons. The van der Waals surface area contributed by atoms with Crippen LogP contribution in [0.3, 0.4) is 0 Å². The standard InChI is InChI=1S/C18H24FN7O2/c1-13-7-20-24(8-13)12-17(27)26-9-14(19)6-15(26)10-25-11-16(21-22-25)18(28)23-4-2-3-5-23/h7-8,11,14-15H,2-6,9-10,12H2,1H3/t14-,15-/m0/s1. The molecule has 150 valence electrons. The van der Waals surface area contributed by atoms with E-state index in [0.717, 1.165) is 31.5 Å². The normalized spacial score (nSPS) is 22.2. The molecule has 2 aliphatic heterocycles. The summed E-state index contributed by atoms with van der Waals surface area (Å²) in [5, 5.41) is 12.1. The molecule has 10 heteroatoms. The molecular weight excluding hydrogens is 365 g/mol. The number of likely N-dealkylation sites (tertiary alicyclic amines) is 2. The first kappa shape index (κ1) is 18.6. The molecule has 2 fully saturated rings. The number of rotatable bonds is 5. The molecule has 2 saturated heterocycles. The van der Waals surface area contributed by atoms with Crippen LogP contribution in [0.2, 0.25) is 0 Å². The predicted octanol–water partition coefficient (Wildman–Crippen LogP) is 0.658. The third-order valence-corrected chi connectivity index (χ3v) is 5.29. The van der Waals surface area contributed by atoms with Gasteiger partial charge >= 0.3 is 0 Å². The number of nitrogens with zero attached hydrogens (tertiary/aromatic N) is 7. The average molecular weight is 389 g/mol. The van der Waals surface area contributed by atoms with Crippen molar-refractivity contribution in [2.24, 2.45) is 0 Å². The lowest BCUT2D eigenvalue weighted by molar-refractivity contribution is -0.133. The highest BCUT2D eigenvalue weighted by atomic mass is 19.1. The zero-order valence-electron chi connectivity index (χ0n) is 15.9. The van der Waals surface area contributed by atoms with Crippen molar-refractivity contribution in [3.05, 3.63) is 29.8 Å². The number of hydrogen-bond acceptors (Lipinski definition) is 5. The van der Waals surface area contributed by atoms with E-state index in [0.29, 0.717) is 12.2 Å². The Bertz CT molecular complexity index is 858. The molecule has 2 aromatic rings. The Hall–Kier alpha value is -2.78. The van der Waals surface area contributed by atoms with Crippen molar-refractivity contribution in [1.29, 1.82) is 0 Å². The number of carbonyl (C=O) groups excluding carboxylic acids is 2. The number of amides is 2. The lowest BCUT2D eigenvalue weighted by atomic mass is 10.2. The summed E-state index contributed by atoms with van der Waals surface area (Å²) in [6.07, 6.45) is 6.25. The van der Waals surface area contributed by atoms with Gasteiger partial charge in [0, 0.05) is 25.7 Å². The van der Waals surface area contributed by atoms with Gasteiger partial charge in [0.2, 0.25) is 5.91 Å². The maximum absolute atomic E-state index is 14.0. The van der Waals surface area contributed by atoms with E-state index in [4.69, 9.17) is 0 Å². The third kappa shape index (κ3) is 3.90. The third-order valence-electron chi connectivity index (χ3n) is 5.29. The van der Waals surface area contributed by atoms with Crippen molar-refractivity contribution in [2.45, 2.75) is 51.5 Å². The molecule has 0 aliphatic carbocycles. The van der Waals surface area contributed by atoms with Crippen LogP contribution >= 0.6 is 0 Å². The van der Waals surface area contributed by atoms with Crippen molar-refractivity contribution in [3.8, 4) is 0 Å². The minimum Gasteiger partial charge on any atom is -0.337 e. The minimum absolute atomic E-state index is 0.0675. The second kappa shape index (κ2) is 7.69. The number of aromatic nitrogens is 5. The molecule has 0 unspecified atom stereocenters. The minimum atomic E-state index is -1.07. The SMILES string of the molecule is Cc1cnn(CC(=O)N2C[C@@H](F)C[C@H]2Cn2cc(C(=O)N3CCCC3)nn2)c1. The van der Waals surface area contributed by atoms with E-state index >= 15 is 0 Å². The Labute approximate surface area is 162 Å². The number of alkyl halides is 1. The van der Waals surface area contributed by atoms with E-state index in [1.165, 1.54) is 4.68 Å². The van der Waals surface area contributed by atoms with Crippen molar-refractivity contribution < 1.29 is 14.0 Å². The Morgan fingerprint density at radius 3 is 2.71 bits per heavy atom. The summed E-state index contributed by atoms with van der Waals surface area (Å²) >= 11 is 0. The molecule has 9 nitrogen and oxygen atoms in total. The quantitative estimate of drug-likeness (QED) is 0.749. The van der Waals surface area contributed by atoms with Crippen LogP contribution in [0.5, 0.6) is 0 Å². The fraction of sp³-hybridized carbons (Fsp3) is 0.611. The molecule has 2 amide bonds. The van der Waals surface area contributed by atoms with Crippen LogP contribution in [0.25, 0.3) is 0 Å². The Kier molecular flexibility index (Phi) is 5.10. The molecule has 0 saturated carbocycles. The molecule has 4 heterocycles. The molecule has 0 bridgehead atoms. The van der Waals surface area contributed by atoms with E-state index in [1.807, 2.05) is 6.92 Å². The highest BCUT2D eigenvalue weighted by molar-refractivity contribution is 5.92. The van der Waals surface area contributed by atoms with Crippen LogP contribution in [0, 0.1) is 6.92 Å². The first-order chi connectivity index (χ1) is 13.5. The van der Waals surface area contributed by atoms with Crippen LogP contribution in [0.4, 0.5) is 4.39 Å². The van der Waals surface area contributed by atoms with Crippen LogP contribution in [-0.4, -0.2) is 78.2 Å². The Morgan fingerprint density at radius 2 is 2.00 bits per heavy atom. The zero-order chi connectivity index (χ0) is 19.7. The molecule has 2 atom stereocenters. The van der Waals surface area contributed by atoms with Crippen LogP contribution in [0.1, 0.15) is 35.3 Å². The highest BCUT2D eigenvalue weighted by Crippen LogP contribution is 2.22. The molecule has 0 N–H and O–H groups in total. The fourth-order valence-corrected chi connectivity index (χ4v) is 3.90. The summed E-state index contributed by atoms with van der Waals surface area (Å²) in [6.45, 7) is 3.84. The summed E-state index contributed by atoms with van der Waals surface area (Å²) < 4.78 is 17.1. The van der Waals surface area contributed by atoms with Crippen LogP contribution in [-0.2, 0) is 17.9 Å². The number of carbonyl (C=O) groups is 2. The smallest absolute Gasteiger partial charge is 0.276 e. The van der Waals surface area contributed by atoms with Gasteiger partial charge in [-0.3, -0.25) is 14.3 Å². The predicted molar refractivity (Wildman–Crippen MR) is 97.1 cm³/mol. The van der Waals surface area contributed by atoms with Gasteiger partial charge in [-0.25, -0.2) is 9.07 Å². The fourth-order valence-electron chi connectivity index (χ4n) is 3.90. The first-order valence-electron chi connectivity index (χ1n) is 9.61. The molecule has 28 heavy (non-hydrogen) atoms. The van der Waals surface area contributed by atoms with E-state index < -0.39 is 6.17 Å². The van der Waals surface area contributed by atoms with Gasteiger partial charge in [-0.15, -0.1) is 5.10 Å². The summed E-state index contributed by atoms with van der Waals surface area (Å²) in [5.41, 5.74) is 1.26. The van der Waals surface area contributed by atoms with Gasteiger partial charge in [0.15, 0.2) is 5.69 Å². The molecule has 0 aromatic carbocycles. The molecule has 4 rings (SSSR count). The second-order valence-electron chi connectivity index (χ2n) is 7.57. The molecule has 2 aliphatic rings. The van der Waals surface area contributed by atoms with Crippen LogP contribution in [0.15, 0.2) is 18.6 Å². The maximum atomic E-state index is 14.0. The molecular formula is C18H24FN7O2. The summed E-state index contributed by atoms with van der Waals surface area (Å²) in [7, 11) is 0. The summed E-state index contributed by atoms with van der Waals surface area (Å²) in [4.78, 5) is 28.4. The van der Waals surface area contributed by atoms with E-state index in [-0.39, 0.29) is 37.4 Å². The van der Waals surface area contributed by atoms with Gasteiger partial charge in [0.25, 0.3) is 5.91 Å². The Balaban J connectivity index is 1.41.